The first kappa shape index (κ1) is 13.5. The van der Waals surface area contributed by atoms with E-state index in [1.165, 1.54) is 5.56 Å². The fraction of sp³-hybridized carbons (Fsp3) is 0.400. The van der Waals surface area contributed by atoms with Crippen LogP contribution >= 0.6 is 0 Å². The molecule has 0 aliphatic carbocycles. The summed E-state index contributed by atoms with van der Waals surface area (Å²) in [4.78, 5) is 15.1. The first-order valence-corrected chi connectivity index (χ1v) is 6.72. The molecule has 1 aromatic carbocycles. The second-order valence-electron chi connectivity index (χ2n) is 4.71. The van der Waals surface area contributed by atoms with Crippen LogP contribution in [0.3, 0.4) is 0 Å². The molecule has 100 valence electrons. The first-order chi connectivity index (χ1) is 9.17. The number of nitro groups is 1. The minimum absolute atomic E-state index is 0.151. The molecule has 0 unspecified atom stereocenters. The average Bonchev–Trinajstić information content (AvgIpc) is 2.41. The second kappa shape index (κ2) is 5.78. The summed E-state index contributed by atoms with van der Waals surface area (Å²) in [5.41, 5.74) is 2.40. The Balaban J connectivity index is 2.66. The largest absolute Gasteiger partial charge is 0.270 e. The average molecular weight is 258 g/mol. The van der Waals surface area contributed by atoms with E-state index in [1.807, 2.05) is 6.20 Å². The quantitative estimate of drug-likeness (QED) is 0.600. The third kappa shape index (κ3) is 2.72. The van der Waals surface area contributed by atoms with Crippen LogP contribution in [0.4, 0.5) is 5.69 Å². The molecular formula is C15H18N2O2. The maximum absolute atomic E-state index is 10.9. The van der Waals surface area contributed by atoms with Crippen molar-refractivity contribution in [1.82, 2.24) is 4.98 Å². The number of aromatic nitrogens is 1. The fourth-order valence-electron chi connectivity index (χ4n) is 2.39. The Morgan fingerprint density at radius 2 is 1.95 bits per heavy atom. The maximum atomic E-state index is 10.9. The normalized spacial score (nSPS) is 10.8. The summed E-state index contributed by atoms with van der Waals surface area (Å²) in [6.07, 6.45) is 5.71. The molecule has 2 rings (SSSR count). The minimum atomic E-state index is -0.338. The maximum Gasteiger partial charge on any atom is 0.270 e. The predicted octanol–water partition coefficient (Wildman–Crippen LogP) is 4.05. The highest BCUT2D eigenvalue weighted by Gasteiger charge is 2.12. The lowest BCUT2D eigenvalue weighted by Gasteiger charge is -2.11. The molecule has 0 radical (unpaired) electrons. The first-order valence-electron chi connectivity index (χ1n) is 6.72. The zero-order chi connectivity index (χ0) is 13.8. The van der Waals surface area contributed by atoms with E-state index in [9.17, 15) is 10.1 Å². The van der Waals surface area contributed by atoms with Gasteiger partial charge in [0.1, 0.15) is 0 Å². The number of pyridine rings is 1. The highest BCUT2D eigenvalue weighted by atomic mass is 16.6. The van der Waals surface area contributed by atoms with E-state index in [2.05, 4.69) is 18.8 Å². The van der Waals surface area contributed by atoms with Gasteiger partial charge in [-0.15, -0.1) is 0 Å². The smallest absolute Gasteiger partial charge is 0.260 e. The summed E-state index contributed by atoms with van der Waals surface area (Å²) < 4.78 is 0. The topological polar surface area (TPSA) is 56.0 Å². The van der Waals surface area contributed by atoms with E-state index < -0.39 is 0 Å². The van der Waals surface area contributed by atoms with Crippen LogP contribution in [-0.4, -0.2) is 9.91 Å². The molecule has 19 heavy (non-hydrogen) atoms. The van der Waals surface area contributed by atoms with Crippen molar-refractivity contribution in [3.05, 3.63) is 45.8 Å². The predicted molar refractivity (Wildman–Crippen MR) is 76.4 cm³/mol. The van der Waals surface area contributed by atoms with Crippen LogP contribution in [-0.2, 0) is 12.8 Å². The van der Waals surface area contributed by atoms with Crippen molar-refractivity contribution in [3.63, 3.8) is 0 Å². The van der Waals surface area contributed by atoms with E-state index in [4.69, 9.17) is 0 Å². The van der Waals surface area contributed by atoms with Crippen LogP contribution < -0.4 is 0 Å². The van der Waals surface area contributed by atoms with Crippen LogP contribution in [0.5, 0.6) is 0 Å². The molecule has 1 heterocycles. The van der Waals surface area contributed by atoms with Crippen molar-refractivity contribution in [2.45, 2.75) is 39.5 Å². The Bertz CT molecular complexity index is 608. The van der Waals surface area contributed by atoms with Crippen LogP contribution in [0.25, 0.3) is 10.8 Å². The molecule has 0 saturated carbocycles. The molecule has 4 heteroatoms. The molecule has 0 spiro atoms. The monoisotopic (exact) mass is 258 g/mol. The lowest BCUT2D eigenvalue weighted by atomic mass is 9.98. The summed E-state index contributed by atoms with van der Waals surface area (Å²) in [6.45, 7) is 4.24. The summed E-state index contributed by atoms with van der Waals surface area (Å²) >= 11 is 0. The number of fused-ring (bicyclic) bond motifs is 1. The van der Waals surface area contributed by atoms with Crippen molar-refractivity contribution >= 4 is 16.5 Å². The van der Waals surface area contributed by atoms with E-state index in [0.29, 0.717) is 0 Å². The number of non-ortho nitro benzene ring substituents is 1. The third-order valence-electron chi connectivity index (χ3n) is 3.27. The molecular weight excluding hydrogens is 240 g/mol. The van der Waals surface area contributed by atoms with Gasteiger partial charge in [-0.1, -0.05) is 26.7 Å². The Kier molecular flexibility index (Phi) is 4.10. The van der Waals surface area contributed by atoms with E-state index in [1.54, 1.807) is 18.2 Å². The Morgan fingerprint density at radius 1 is 1.21 bits per heavy atom. The van der Waals surface area contributed by atoms with Gasteiger partial charge in [0.15, 0.2) is 0 Å². The van der Waals surface area contributed by atoms with E-state index >= 15 is 0 Å². The number of rotatable bonds is 5. The lowest BCUT2D eigenvalue weighted by molar-refractivity contribution is -0.384. The standard InChI is InChI=1S/C15H18N2O2/c1-3-5-13-14-9-12(17(18)19)8-7-11(14)10-16-15(13)6-4-2/h7-10H,3-6H2,1-2H3. The molecule has 0 amide bonds. The van der Waals surface area contributed by atoms with Gasteiger partial charge in [-0.05, 0) is 29.9 Å². The van der Waals surface area contributed by atoms with Gasteiger partial charge in [0.2, 0.25) is 0 Å². The molecule has 0 aliphatic rings. The molecule has 0 N–H and O–H groups in total. The molecule has 2 aromatic rings. The SMILES string of the molecule is CCCc1ncc2ccc([N+](=O)[O-])cc2c1CCC. The van der Waals surface area contributed by atoms with Crippen LogP contribution in [0, 0.1) is 10.1 Å². The summed E-state index contributed by atoms with van der Waals surface area (Å²) in [6, 6.07) is 5.01. The molecule has 0 saturated heterocycles. The number of hydrogen-bond acceptors (Lipinski definition) is 3. The van der Waals surface area contributed by atoms with Crippen molar-refractivity contribution in [2.75, 3.05) is 0 Å². The third-order valence-corrected chi connectivity index (χ3v) is 3.27. The molecule has 4 nitrogen and oxygen atoms in total. The molecule has 0 atom stereocenters. The number of aryl methyl sites for hydroxylation is 2. The molecule has 0 aliphatic heterocycles. The molecule has 1 aromatic heterocycles. The van der Waals surface area contributed by atoms with Gasteiger partial charge in [-0.25, -0.2) is 0 Å². The van der Waals surface area contributed by atoms with Crippen LogP contribution in [0.15, 0.2) is 24.4 Å². The van der Waals surface area contributed by atoms with Crippen LogP contribution in [0.2, 0.25) is 0 Å². The van der Waals surface area contributed by atoms with Crippen molar-refractivity contribution in [2.24, 2.45) is 0 Å². The van der Waals surface area contributed by atoms with Gasteiger partial charge < -0.3 is 0 Å². The zero-order valence-corrected chi connectivity index (χ0v) is 11.3. The summed E-state index contributed by atoms with van der Waals surface area (Å²) in [5.74, 6) is 0. The van der Waals surface area contributed by atoms with Gasteiger partial charge in [-0.2, -0.15) is 0 Å². The minimum Gasteiger partial charge on any atom is -0.260 e. The summed E-state index contributed by atoms with van der Waals surface area (Å²) in [5, 5.41) is 12.9. The number of benzene rings is 1. The highest BCUT2D eigenvalue weighted by Crippen LogP contribution is 2.27. The lowest BCUT2D eigenvalue weighted by Crippen LogP contribution is -2.00. The van der Waals surface area contributed by atoms with Gasteiger partial charge in [0, 0.05) is 29.4 Å². The van der Waals surface area contributed by atoms with Crippen molar-refractivity contribution in [1.29, 1.82) is 0 Å². The number of hydrogen-bond donors (Lipinski definition) is 0. The Morgan fingerprint density at radius 3 is 2.58 bits per heavy atom. The number of nitro benzene ring substituents is 1. The second-order valence-corrected chi connectivity index (χ2v) is 4.71. The van der Waals surface area contributed by atoms with Crippen LogP contribution in [0.1, 0.15) is 37.9 Å². The highest BCUT2D eigenvalue weighted by molar-refractivity contribution is 5.87. The van der Waals surface area contributed by atoms with Gasteiger partial charge >= 0.3 is 0 Å². The zero-order valence-electron chi connectivity index (χ0n) is 11.3. The van der Waals surface area contributed by atoms with Gasteiger partial charge in [-0.3, -0.25) is 15.1 Å². The van der Waals surface area contributed by atoms with E-state index in [-0.39, 0.29) is 10.6 Å². The Hall–Kier alpha value is -1.97. The van der Waals surface area contributed by atoms with Gasteiger partial charge in [0.05, 0.1) is 4.92 Å². The summed E-state index contributed by atoms with van der Waals surface area (Å²) in [7, 11) is 0. The molecule has 0 fully saturated rings. The Labute approximate surface area is 112 Å². The molecule has 0 bridgehead atoms. The number of nitrogens with zero attached hydrogens (tertiary/aromatic N) is 2. The fourth-order valence-corrected chi connectivity index (χ4v) is 2.39. The van der Waals surface area contributed by atoms with Crippen molar-refractivity contribution in [3.8, 4) is 0 Å². The van der Waals surface area contributed by atoms with Crippen molar-refractivity contribution < 1.29 is 4.92 Å². The van der Waals surface area contributed by atoms with Gasteiger partial charge in [0.25, 0.3) is 5.69 Å². The van der Waals surface area contributed by atoms with E-state index in [0.717, 1.165) is 42.1 Å².